The maximum atomic E-state index is 13.2. The number of nitrogens with one attached hydrogen (secondary N) is 1. The Hall–Kier alpha value is -1.46. The van der Waals surface area contributed by atoms with E-state index >= 15 is 0 Å². The average Bonchev–Trinajstić information content (AvgIpc) is 2.59. The van der Waals surface area contributed by atoms with Crippen LogP contribution in [0.2, 0.25) is 0 Å². The molecule has 23 heavy (non-hydrogen) atoms. The zero-order valence-corrected chi connectivity index (χ0v) is 14.1. The van der Waals surface area contributed by atoms with Gasteiger partial charge in [-0.3, -0.25) is 4.79 Å². The predicted molar refractivity (Wildman–Crippen MR) is 88.9 cm³/mol. The van der Waals surface area contributed by atoms with E-state index in [4.69, 9.17) is 4.74 Å². The van der Waals surface area contributed by atoms with Gasteiger partial charge in [-0.1, -0.05) is 26.0 Å². The molecule has 1 aliphatic heterocycles. The molecule has 1 aliphatic rings. The summed E-state index contributed by atoms with van der Waals surface area (Å²) in [6.07, 6.45) is 1.27. The van der Waals surface area contributed by atoms with Gasteiger partial charge in [0.25, 0.3) is 0 Å². The van der Waals surface area contributed by atoms with Crippen molar-refractivity contribution >= 4 is 5.91 Å². The standard InChI is InChI=1S/C18H27FN2O2/c1-3-21(4-2)12-11-20-17(22)18(9-13-23-14-10-18)15-5-7-16(19)8-6-15/h5-8H,3-4,9-14H2,1-2H3,(H,20,22). The van der Waals surface area contributed by atoms with Gasteiger partial charge in [0.2, 0.25) is 5.91 Å². The molecule has 0 saturated carbocycles. The minimum Gasteiger partial charge on any atom is -0.381 e. The molecule has 0 aromatic heterocycles. The van der Waals surface area contributed by atoms with Crippen LogP contribution in [-0.2, 0) is 14.9 Å². The van der Waals surface area contributed by atoms with Crippen molar-refractivity contribution in [1.29, 1.82) is 0 Å². The molecule has 1 fully saturated rings. The van der Waals surface area contributed by atoms with E-state index in [0.29, 0.717) is 32.6 Å². The molecule has 1 aromatic rings. The van der Waals surface area contributed by atoms with E-state index in [1.165, 1.54) is 12.1 Å². The summed E-state index contributed by atoms with van der Waals surface area (Å²) >= 11 is 0. The van der Waals surface area contributed by atoms with Crippen molar-refractivity contribution in [1.82, 2.24) is 10.2 Å². The molecule has 1 heterocycles. The summed E-state index contributed by atoms with van der Waals surface area (Å²) in [5.41, 5.74) is 0.275. The molecule has 2 rings (SSSR count). The van der Waals surface area contributed by atoms with Gasteiger partial charge in [0.15, 0.2) is 0 Å². The van der Waals surface area contributed by atoms with Gasteiger partial charge in [-0.2, -0.15) is 0 Å². The molecule has 0 atom stereocenters. The smallest absolute Gasteiger partial charge is 0.230 e. The van der Waals surface area contributed by atoms with Gasteiger partial charge in [-0.05, 0) is 43.6 Å². The van der Waals surface area contributed by atoms with Gasteiger partial charge in [-0.15, -0.1) is 0 Å². The maximum absolute atomic E-state index is 13.2. The largest absolute Gasteiger partial charge is 0.381 e. The third-order valence-electron chi connectivity index (χ3n) is 4.79. The van der Waals surface area contributed by atoms with E-state index in [9.17, 15) is 9.18 Å². The van der Waals surface area contributed by atoms with Crippen molar-refractivity contribution in [2.75, 3.05) is 39.4 Å². The SMILES string of the molecule is CCN(CC)CCNC(=O)C1(c2ccc(F)cc2)CCOCC1. The van der Waals surface area contributed by atoms with Gasteiger partial charge in [0.1, 0.15) is 5.82 Å². The molecule has 0 unspecified atom stereocenters. The molecule has 4 nitrogen and oxygen atoms in total. The molecule has 5 heteroatoms. The van der Waals surface area contributed by atoms with E-state index in [2.05, 4.69) is 24.1 Å². The van der Waals surface area contributed by atoms with Crippen molar-refractivity contribution in [3.8, 4) is 0 Å². The van der Waals surface area contributed by atoms with E-state index in [-0.39, 0.29) is 11.7 Å². The van der Waals surface area contributed by atoms with Crippen LogP contribution in [0.15, 0.2) is 24.3 Å². The third-order valence-corrected chi connectivity index (χ3v) is 4.79. The van der Waals surface area contributed by atoms with Gasteiger partial charge >= 0.3 is 0 Å². The highest BCUT2D eigenvalue weighted by atomic mass is 19.1. The number of carbonyl (C=O) groups is 1. The monoisotopic (exact) mass is 322 g/mol. The van der Waals surface area contributed by atoms with Crippen molar-refractivity contribution in [2.45, 2.75) is 32.1 Å². The molecular weight excluding hydrogens is 295 g/mol. The Morgan fingerprint density at radius 3 is 2.39 bits per heavy atom. The normalized spacial score (nSPS) is 17.2. The number of rotatable bonds is 7. The van der Waals surface area contributed by atoms with Crippen molar-refractivity contribution in [3.05, 3.63) is 35.6 Å². The molecule has 1 amide bonds. The molecule has 1 saturated heterocycles. The summed E-state index contributed by atoms with van der Waals surface area (Å²) in [5, 5.41) is 3.08. The van der Waals surface area contributed by atoms with Crippen molar-refractivity contribution in [2.24, 2.45) is 0 Å². The number of benzene rings is 1. The highest BCUT2D eigenvalue weighted by Crippen LogP contribution is 2.35. The number of hydrogen-bond donors (Lipinski definition) is 1. The Labute approximate surface area is 138 Å². The highest BCUT2D eigenvalue weighted by molar-refractivity contribution is 5.88. The first kappa shape index (κ1) is 17.9. The average molecular weight is 322 g/mol. The lowest BCUT2D eigenvalue weighted by Gasteiger charge is -2.36. The minimum absolute atomic E-state index is 0.0274. The lowest BCUT2D eigenvalue weighted by Crippen LogP contribution is -2.49. The van der Waals surface area contributed by atoms with Gasteiger partial charge < -0.3 is 15.0 Å². The fraction of sp³-hybridized carbons (Fsp3) is 0.611. The van der Waals surface area contributed by atoms with E-state index in [1.807, 2.05) is 0 Å². The maximum Gasteiger partial charge on any atom is 0.230 e. The van der Waals surface area contributed by atoms with Crippen LogP contribution < -0.4 is 5.32 Å². The third kappa shape index (κ3) is 4.30. The highest BCUT2D eigenvalue weighted by Gasteiger charge is 2.41. The van der Waals surface area contributed by atoms with Crippen LogP contribution in [-0.4, -0.2) is 50.2 Å². The first-order valence-electron chi connectivity index (χ1n) is 8.47. The van der Waals surface area contributed by atoms with Crippen LogP contribution >= 0.6 is 0 Å². The van der Waals surface area contributed by atoms with Crippen LogP contribution in [0.3, 0.4) is 0 Å². The predicted octanol–water partition coefficient (Wildman–Crippen LogP) is 2.33. The fourth-order valence-corrected chi connectivity index (χ4v) is 3.17. The molecule has 0 bridgehead atoms. The lowest BCUT2D eigenvalue weighted by molar-refractivity contribution is -0.130. The van der Waals surface area contributed by atoms with Crippen LogP contribution in [0.25, 0.3) is 0 Å². The fourth-order valence-electron chi connectivity index (χ4n) is 3.17. The molecule has 0 aliphatic carbocycles. The lowest BCUT2D eigenvalue weighted by atomic mass is 9.73. The zero-order chi connectivity index (χ0) is 16.7. The van der Waals surface area contributed by atoms with Gasteiger partial charge in [0.05, 0.1) is 5.41 Å². The number of likely N-dealkylation sites (N-methyl/N-ethyl adjacent to an activating group) is 1. The molecule has 128 valence electrons. The number of halogens is 1. The number of hydrogen-bond acceptors (Lipinski definition) is 3. The van der Waals surface area contributed by atoms with Crippen LogP contribution in [0.5, 0.6) is 0 Å². The number of carbonyl (C=O) groups excluding carboxylic acids is 1. The Morgan fingerprint density at radius 1 is 1.22 bits per heavy atom. The Kier molecular flexibility index (Phi) is 6.54. The Morgan fingerprint density at radius 2 is 1.83 bits per heavy atom. The van der Waals surface area contributed by atoms with E-state index in [0.717, 1.165) is 25.2 Å². The van der Waals surface area contributed by atoms with Crippen LogP contribution in [0.1, 0.15) is 32.3 Å². The number of ether oxygens (including phenoxy) is 1. The summed E-state index contributed by atoms with van der Waals surface area (Å²) in [4.78, 5) is 15.2. The first-order chi connectivity index (χ1) is 11.1. The Balaban J connectivity index is 2.08. The number of nitrogens with zero attached hydrogens (tertiary/aromatic N) is 1. The second kappa shape index (κ2) is 8.41. The van der Waals surface area contributed by atoms with E-state index in [1.54, 1.807) is 12.1 Å². The zero-order valence-electron chi connectivity index (χ0n) is 14.1. The topological polar surface area (TPSA) is 41.6 Å². The second-order valence-corrected chi connectivity index (χ2v) is 5.98. The van der Waals surface area contributed by atoms with Crippen LogP contribution in [0.4, 0.5) is 4.39 Å². The second-order valence-electron chi connectivity index (χ2n) is 5.98. The van der Waals surface area contributed by atoms with Gasteiger partial charge in [-0.25, -0.2) is 4.39 Å². The first-order valence-corrected chi connectivity index (χ1v) is 8.47. The summed E-state index contributed by atoms with van der Waals surface area (Å²) in [5.74, 6) is -0.252. The van der Waals surface area contributed by atoms with Crippen molar-refractivity contribution < 1.29 is 13.9 Å². The van der Waals surface area contributed by atoms with Crippen LogP contribution in [0, 0.1) is 5.82 Å². The van der Waals surface area contributed by atoms with Gasteiger partial charge in [0, 0.05) is 26.3 Å². The molecule has 0 radical (unpaired) electrons. The summed E-state index contributed by atoms with van der Waals surface area (Å²) in [6.45, 7) is 8.76. The Bertz CT molecular complexity index is 494. The molecule has 1 N–H and O–H groups in total. The van der Waals surface area contributed by atoms with Crippen molar-refractivity contribution in [3.63, 3.8) is 0 Å². The summed E-state index contributed by atoms with van der Waals surface area (Å²) in [6, 6.07) is 6.31. The number of amides is 1. The summed E-state index contributed by atoms with van der Waals surface area (Å²) < 4.78 is 18.7. The molecule has 1 aromatic carbocycles. The van der Waals surface area contributed by atoms with E-state index < -0.39 is 5.41 Å². The quantitative estimate of drug-likeness (QED) is 0.838. The molecule has 0 spiro atoms. The summed E-state index contributed by atoms with van der Waals surface area (Å²) in [7, 11) is 0. The minimum atomic E-state index is -0.602. The molecular formula is C18H27FN2O2.